The Balaban J connectivity index is 1.91. The molecular formula is C20H24N2O3S. The van der Waals surface area contributed by atoms with Gasteiger partial charge in [0.2, 0.25) is 5.91 Å². The fourth-order valence-electron chi connectivity index (χ4n) is 2.87. The van der Waals surface area contributed by atoms with Crippen molar-refractivity contribution in [2.45, 2.75) is 27.7 Å². The number of rotatable bonds is 4. The van der Waals surface area contributed by atoms with Crippen LogP contribution in [-0.2, 0) is 4.79 Å². The van der Waals surface area contributed by atoms with Crippen LogP contribution in [-0.4, -0.2) is 25.0 Å². The largest absolute Gasteiger partial charge is 0.490 e. The lowest BCUT2D eigenvalue weighted by molar-refractivity contribution is -0.127. The molecule has 0 saturated heterocycles. The van der Waals surface area contributed by atoms with E-state index in [9.17, 15) is 9.59 Å². The van der Waals surface area contributed by atoms with Crippen LogP contribution in [0.15, 0.2) is 35.7 Å². The predicted octanol–water partition coefficient (Wildman–Crippen LogP) is 4.41. The summed E-state index contributed by atoms with van der Waals surface area (Å²) in [4.78, 5) is 27.7. The van der Waals surface area contributed by atoms with Crippen LogP contribution >= 0.6 is 11.3 Å². The highest BCUT2D eigenvalue weighted by Crippen LogP contribution is 2.38. The van der Waals surface area contributed by atoms with Crippen molar-refractivity contribution in [3.8, 4) is 5.75 Å². The number of nitrogens with one attached hydrogen (secondary N) is 1. The zero-order chi connectivity index (χ0) is 18.9. The van der Waals surface area contributed by atoms with Crippen LogP contribution in [0.5, 0.6) is 5.75 Å². The number of fused-ring (bicyclic) bond motifs is 1. The highest BCUT2D eigenvalue weighted by Gasteiger charge is 2.38. The number of amides is 2. The van der Waals surface area contributed by atoms with E-state index in [0.29, 0.717) is 35.4 Å². The van der Waals surface area contributed by atoms with Gasteiger partial charge in [0.25, 0.3) is 5.91 Å². The van der Waals surface area contributed by atoms with Gasteiger partial charge in [0.1, 0.15) is 12.4 Å². The second-order valence-corrected chi connectivity index (χ2v) is 8.54. The number of nitrogens with zero attached hydrogens (tertiary/aromatic N) is 1. The lowest BCUT2D eigenvalue weighted by Gasteiger charge is -2.29. The van der Waals surface area contributed by atoms with E-state index in [-0.39, 0.29) is 11.8 Å². The number of hydrogen-bond acceptors (Lipinski definition) is 4. The number of benzene rings is 1. The SMILES string of the molecule is CC(C)CN1C(=O)C(C)(C)COc2cc(NC(=O)c3cccs3)ccc21. The predicted molar refractivity (Wildman–Crippen MR) is 105 cm³/mol. The van der Waals surface area contributed by atoms with Gasteiger partial charge < -0.3 is 15.0 Å². The lowest BCUT2D eigenvalue weighted by atomic mass is 9.92. The molecule has 5 nitrogen and oxygen atoms in total. The molecule has 0 aliphatic carbocycles. The summed E-state index contributed by atoms with van der Waals surface area (Å²) in [6, 6.07) is 9.08. The summed E-state index contributed by atoms with van der Waals surface area (Å²) in [6.07, 6.45) is 0. The van der Waals surface area contributed by atoms with Crippen molar-refractivity contribution in [2.24, 2.45) is 11.3 Å². The zero-order valence-corrected chi connectivity index (χ0v) is 16.4. The molecule has 2 heterocycles. The van der Waals surface area contributed by atoms with Gasteiger partial charge in [0.15, 0.2) is 0 Å². The van der Waals surface area contributed by atoms with Gasteiger partial charge in [-0.2, -0.15) is 0 Å². The number of thiophene rings is 1. The van der Waals surface area contributed by atoms with E-state index in [1.807, 2.05) is 37.4 Å². The van der Waals surface area contributed by atoms with Crippen molar-refractivity contribution >= 4 is 34.5 Å². The zero-order valence-electron chi connectivity index (χ0n) is 15.5. The van der Waals surface area contributed by atoms with E-state index in [0.717, 1.165) is 5.69 Å². The van der Waals surface area contributed by atoms with Gasteiger partial charge in [-0.25, -0.2) is 0 Å². The van der Waals surface area contributed by atoms with Gasteiger partial charge in [0, 0.05) is 18.3 Å². The number of carbonyl (C=O) groups excluding carboxylic acids is 2. The Morgan fingerprint density at radius 2 is 2.12 bits per heavy atom. The number of hydrogen-bond donors (Lipinski definition) is 1. The lowest BCUT2D eigenvalue weighted by Crippen LogP contribution is -2.43. The third kappa shape index (κ3) is 3.75. The van der Waals surface area contributed by atoms with E-state index in [1.165, 1.54) is 11.3 Å². The first-order valence-corrected chi connectivity index (χ1v) is 9.59. The van der Waals surface area contributed by atoms with Gasteiger partial charge in [0.05, 0.1) is 16.0 Å². The Bertz CT molecular complexity index is 812. The molecule has 1 aromatic carbocycles. The molecule has 138 valence electrons. The first-order valence-electron chi connectivity index (χ1n) is 8.71. The highest BCUT2D eigenvalue weighted by atomic mass is 32.1. The van der Waals surface area contributed by atoms with Crippen LogP contribution in [0.3, 0.4) is 0 Å². The van der Waals surface area contributed by atoms with Crippen molar-refractivity contribution in [1.82, 2.24) is 0 Å². The monoisotopic (exact) mass is 372 g/mol. The van der Waals surface area contributed by atoms with Crippen molar-refractivity contribution in [3.63, 3.8) is 0 Å². The highest BCUT2D eigenvalue weighted by molar-refractivity contribution is 7.12. The molecule has 26 heavy (non-hydrogen) atoms. The third-order valence-corrected chi connectivity index (χ3v) is 5.08. The summed E-state index contributed by atoms with van der Waals surface area (Å²) < 4.78 is 5.95. The second-order valence-electron chi connectivity index (χ2n) is 7.60. The molecule has 1 aliphatic rings. The van der Waals surface area contributed by atoms with Crippen LogP contribution in [0.4, 0.5) is 11.4 Å². The van der Waals surface area contributed by atoms with Gasteiger partial charge in [-0.1, -0.05) is 19.9 Å². The standard InChI is InChI=1S/C20H24N2O3S/c1-13(2)11-22-15-8-7-14(21-18(23)17-6-5-9-26-17)10-16(15)25-12-20(3,4)19(22)24/h5-10,13H,11-12H2,1-4H3,(H,21,23). The molecule has 2 aromatic rings. The van der Waals surface area contributed by atoms with Gasteiger partial charge in [-0.15, -0.1) is 11.3 Å². The maximum atomic E-state index is 13.0. The maximum absolute atomic E-state index is 13.0. The number of carbonyl (C=O) groups is 2. The van der Waals surface area contributed by atoms with Crippen LogP contribution in [0, 0.1) is 11.3 Å². The van der Waals surface area contributed by atoms with E-state index in [1.54, 1.807) is 17.0 Å². The smallest absolute Gasteiger partial charge is 0.265 e. The Hall–Kier alpha value is -2.34. The van der Waals surface area contributed by atoms with Crippen LogP contribution in [0.25, 0.3) is 0 Å². The number of anilines is 2. The van der Waals surface area contributed by atoms with Crippen LogP contribution in [0.2, 0.25) is 0 Å². The summed E-state index contributed by atoms with van der Waals surface area (Å²) in [7, 11) is 0. The van der Waals surface area contributed by atoms with Crippen molar-refractivity contribution < 1.29 is 14.3 Å². The fourth-order valence-corrected chi connectivity index (χ4v) is 3.49. The summed E-state index contributed by atoms with van der Waals surface area (Å²) in [5.74, 6) is 0.858. The molecule has 0 saturated carbocycles. The number of ether oxygens (including phenoxy) is 1. The van der Waals surface area contributed by atoms with Gasteiger partial charge >= 0.3 is 0 Å². The Morgan fingerprint density at radius 1 is 1.35 bits per heavy atom. The minimum Gasteiger partial charge on any atom is -0.490 e. The van der Waals surface area contributed by atoms with E-state index < -0.39 is 5.41 Å². The minimum atomic E-state index is -0.603. The molecular weight excluding hydrogens is 348 g/mol. The van der Waals surface area contributed by atoms with Gasteiger partial charge in [-0.3, -0.25) is 9.59 Å². The van der Waals surface area contributed by atoms with Gasteiger partial charge in [-0.05, 0) is 43.3 Å². The summed E-state index contributed by atoms with van der Waals surface area (Å²) in [5, 5.41) is 4.76. The second kappa shape index (κ2) is 7.11. The molecule has 1 N–H and O–H groups in total. The average Bonchev–Trinajstić information content (AvgIpc) is 3.09. The van der Waals surface area contributed by atoms with Crippen molar-refractivity contribution in [3.05, 3.63) is 40.6 Å². The van der Waals surface area contributed by atoms with Crippen LogP contribution < -0.4 is 15.0 Å². The molecule has 0 atom stereocenters. The summed E-state index contributed by atoms with van der Waals surface area (Å²) in [5.41, 5.74) is 0.802. The van der Waals surface area contributed by atoms with Crippen LogP contribution in [0.1, 0.15) is 37.4 Å². The molecule has 0 unspecified atom stereocenters. The molecule has 0 fully saturated rings. The van der Waals surface area contributed by atoms with Crippen molar-refractivity contribution in [1.29, 1.82) is 0 Å². The molecule has 3 rings (SSSR count). The Morgan fingerprint density at radius 3 is 2.77 bits per heavy atom. The summed E-state index contributed by atoms with van der Waals surface area (Å²) in [6.45, 7) is 8.89. The normalized spacial score (nSPS) is 16.0. The summed E-state index contributed by atoms with van der Waals surface area (Å²) >= 11 is 1.39. The molecule has 1 aromatic heterocycles. The van der Waals surface area contributed by atoms with E-state index >= 15 is 0 Å². The molecule has 1 aliphatic heterocycles. The Kier molecular flexibility index (Phi) is 5.05. The quantitative estimate of drug-likeness (QED) is 0.865. The molecule has 6 heteroatoms. The molecule has 2 amide bonds. The van der Waals surface area contributed by atoms with E-state index in [4.69, 9.17) is 4.74 Å². The maximum Gasteiger partial charge on any atom is 0.265 e. The molecule has 0 spiro atoms. The topological polar surface area (TPSA) is 58.6 Å². The first-order chi connectivity index (χ1) is 12.3. The average molecular weight is 372 g/mol. The molecule has 0 radical (unpaired) electrons. The Labute approximate surface area is 158 Å². The fraction of sp³-hybridized carbons (Fsp3) is 0.400. The third-order valence-electron chi connectivity index (χ3n) is 4.21. The minimum absolute atomic E-state index is 0.0559. The van der Waals surface area contributed by atoms with Crippen molar-refractivity contribution in [2.75, 3.05) is 23.4 Å². The first kappa shape index (κ1) is 18.5. The van der Waals surface area contributed by atoms with E-state index in [2.05, 4.69) is 19.2 Å². The molecule has 0 bridgehead atoms.